The molecule has 98 valence electrons. The van der Waals surface area contributed by atoms with Gasteiger partial charge in [0.15, 0.2) is 0 Å². The van der Waals surface area contributed by atoms with Gasteiger partial charge >= 0.3 is 0 Å². The molecule has 1 unspecified atom stereocenters. The predicted octanol–water partition coefficient (Wildman–Crippen LogP) is 1.59. The van der Waals surface area contributed by atoms with Crippen LogP contribution in [0.5, 0.6) is 0 Å². The molecule has 0 saturated heterocycles. The summed E-state index contributed by atoms with van der Waals surface area (Å²) in [5.41, 5.74) is 1.81. The van der Waals surface area contributed by atoms with Crippen LogP contribution >= 0.6 is 0 Å². The van der Waals surface area contributed by atoms with Crippen molar-refractivity contribution in [3.63, 3.8) is 0 Å². The molecule has 1 atom stereocenters. The highest BCUT2D eigenvalue weighted by Gasteiger charge is 2.25. The van der Waals surface area contributed by atoms with E-state index in [1.54, 1.807) is 12.4 Å². The van der Waals surface area contributed by atoms with Crippen LogP contribution in [0.15, 0.2) is 18.5 Å². The molecule has 5 heteroatoms. The maximum absolute atomic E-state index is 11.8. The lowest BCUT2D eigenvalue weighted by Crippen LogP contribution is -2.38. The minimum Gasteiger partial charge on any atom is -0.384 e. The zero-order valence-corrected chi connectivity index (χ0v) is 10.9. The van der Waals surface area contributed by atoms with Crippen LogP contribution in [-0.4, -0.2) is 29.5 Å². The van der Waals surface area contributed by atoms with E-state index in [-0.39, 0.29) is 11.9 Å². The van der Waals surface area contributed by atoms with Gasteiger partial charge in [0.1, 0.15) is 6.04 Å². The van der Waals surface area contributed by atoms with Crippen LogP contribution in [-0.2, 0) is 4.79 Å². The van der Waals surface area contributed by atoms with Crippen molar-refractivity contribution >= 4 is 17.3 Å². The monoisotopic (exact) mass is 248 g/mol. The first-order chi connectivity index (χ1) is 8.69. The van der Waals surface area contributed by atoms with E-state index in [0.29, 0.717) is 6.04 Å². The van der Waals surface area contributed by atoms with Crippen molar-refractivity contribution in [3.05, 3.63) is 18.5 Å². The summed E-state index contributed by atoms with van der Waals surface area (Å²) in [5.74, 6) is 0.0475. The Balaban J connectivity index is 1.90. The second-order valence-corrected chi connectivity index (χ2v) is 4.64. The molecule has 1 aliphatic carbocycles. The fourth-order valence-electron chi connectivity index (χ4n) is 1.69. The molecule has 0 bridgehead atoms. The first kappa shape index (κ1) is 12.7. The van der Waals surface area contributed by atoms with Gasteiger partial charge in [-0.1, -0.05) is 0 Å². The Bertz CT molecular complexity index is 417. The molecule has 1 aromatic heterocycles. The molecule has 2 rings (SSSR count). The van der Waals surface area contributed by atoms with E-state index in [4.69, 9.17) is 0 Å². The van der Waals surface area contributed by atoms with Crippen molar-refractivity contribution in [2.24, 2.45) is 0 Å². The van der Waals surface area contributed by atoms with E-state index in [2.05, 4.69) is 20.9 Å². The van der Waals surface area contributed by atoms with Crippen LogP contribution < -0.4 is 16.0 Å². The van der Waals surface area contributed by atoms with Crippen LogP contribution in [0.1, 0.15) is 26.7 Å². The number of carbonyl (C=O) groups excluding carboxylic acids is 1. The fraction of sp³-hybridized carbons (Fsp3) is 0.538. The molecule has 1 aliphatic rings. The zero-order chi connectivity index (χ0) is 13.0. The molecule has 1 fully saturated rings. The first-order valence-electron chi connectivity index (χ1n) is 6.45. The molecule has 3 N–H and O–H groups in total. The van der Waals surface area contributed by atoms with Crippen molar-refractivity contribution in [1.82, 2.24) is 10.3 Å². The highest BCUT2D eigenvalue weighted by molar-refractivity contribution is 5.84. The largest absolute Gasteiger partial charge is 0.384 e. The van der Waals surface area contributed by atoms with Gasteiger partial charge in [-0.15, -0.1) is 0 Å². The lowest BCUT2D eigenvalue weighted by atomic mass is 10.2. The molecule has 18 heavy (non-hydrogen) atoms. The number of nitrogens with one attached hydrogen (secondary N) is 3. The molecule has 1 heterocycles. The number of rotatable bonds is 6. The third kappa shape index (κ3) is 3.61. The topological polar surface area (TPSA) is 66.0 Å². The van der Waals surface area contributed by atoms with Gasteiger partial charge in [0.25, 0.3) is 0 Å². The Kier molecular flexibility index (Phi) is 4.02. The summed E-state index contributed by atoms with van der Waals surface area (Å²) in [6.45, 7) is 4.74. The van der Waals surface area contributed by atoms with Gasteiger partial charge < -0.3 is 16.0 Å². The van der Waals surface area contributed by atoms with Crippen molar-refractivity contribution in [3.8, 4) is 0 Å². The molecule has 0 radical (unpaired) electrons. The molecular weight excluding hydrogens is 228 g/mol. The first-order valence-corrected chi connectivity index (χ1v) is 6.45. The maximum atomic E-state index is 11.8. The van der Waals surface area contributed by atoms with Gasteiger partial charge in [-0.3, -0.25) is 9.78 Å². The van der Waals surface area contributed by atoms with E-state index in [1.165, 1.54) is 0 Å². The highest BCUT2D eigenvalue weighted by Crippen LogP contribution is 2.19. The number of pyridine rings is 1. The summed E-state index contributed by atoms with van der Waals surface area (Å²) in [7, 11) is 0. The lowest BCUT2D eigenvalue weighted by Gasteiger charge is -2.15. The van der Waals surface area contributed by atoms with E-state index in [9.17, 15) is 4.79 Å². The van der Waals surface area contributed by atoms with Crippen molar-refractivity contribution in [2.45, 2.75) is 38.8 Å². The van der Waals surface area contributed by atoms with Gasteiger partial charge in [-0.2, -0.15) is 0 Å². The number of aromatic nitrogens is 1. The van der Waals surface area contributed by atoms with Gasteiger partial charge in [0.2, 0.25) is 5.91 Å². The lowest BCUT2D eigenvalue weighted by molar-refractivity contribution is -0.121. The van der Waals surface area contributed by atoms with Crippen LogP contribution in [0.4, 0.5) is 11.4 Å². The van der Waals surface area contributed by atoms with Crippen LogP contribution in [0, 0.1) is 0 Å². The summed E-state index contributed by atoms with van der Waals surface area (Å²) in [6, 6.07) is 2.11. The van der Waals surface area contributed by atoms with E-state index in [0.717, 1.165) is 30.8 Å². The van der Waals surface area contributed by atoms with Crippen LogP contribution in [0.25, 0.3) is 0 Å². The van der Waals surface area contributed by atoms with E-state index >= 15 is 0 Å². The van der Waals surface area contributed by atoms with Gasteiger partial charge in [0.05, 0.1) is 23.8 Å². The Labute approximate surface area is 107 Å². The fourth-order valence-corrected chi connectivity index (χ4v) is 1.69. The number of hydrogen-bond donors (Lipinski definition) is 3. The standard InChI is InChI=1S/C13H20N4O/c1-3-15-11-6-12(8-14-7-11)16-9(2)13(18)17-10-4-5-10/h6-10,15-16H,3-5H2,1-2H3,(H,17,18). The minimum atomic E-state index is -0.246. The smallest absolute Gasteiger partial charge is 0.242 e. The second-order valence-electron chi connectivity index (χ2n) is 4.64. The van der Waals surface area contributed by atoms with Crippen LogP contribution in [0.3, 0.4) is 0 Å². The minimum absolute atomic E-state index is 0.0475. The average Bonchev–Trinajstić information content (AvgIpc) is 3.14. The van der Waals surface area contributed by atoms with Crippen LogP contribution in [0.2, 0.25) is 0 Å². The van der Waals surface area contributed by atoms with Crippen molar-refractivity contribution in [2.75, 3.05) is 17.2 Å². The van der Waals surface area contributed by atoms with E-state index < -0.39 is 0 Å². The molecule has 1 aromatic rings. The predicted molar refractivity (Wildman–Crippen MR) is 72.7 cm³/mol. The average molecular weight is 248 g/mol. The second kappa shape index (κ2) is 5.71. The van der Waals surface area contributed by atoms with Gasteiger partial charge in [-0.05, 0) is 32.8 Å². The maximum Gasteiger partial charge on any atom is 0.242 e. The molecule has 5 nitrogen and oxygen atoms in total. The molecule has 0 aliphatic heterocycles. The third-order valence-corrected chi connectivity index (χ3v) is 2.82. The SMILES string of the molecule is CCNc1cncc(NC(C)C(=O)NC2CC2)c1. The van der Waals surface area contributed by atoms with Gasteiger partial charge in [0, 0.05) is 12.6 Å². The normalized spacial score (nSPS) is 15.9. The third-order valence-electron chi connectivity index (χ3n) is 2.82. The number of hydrogen-bond acceptors (Lipinski definition) is 4. The number of nitrogens with zero attached hydrogens (tertiary/aromatic N) is 1. The Morgan fingerprint density at radius 1 is 1.44 bits per heavy atom. The molecule has 1 amide bonds. The zero-order valence-electron chi connectivity index (χ0n) is 10.9. The number of carbonyl (C=O) groups is 1. The summed E-state index contributed by atoms with van der Waals surface area (Å²) in [6.07, 6.45) is 5.71. The molecular formula is C13H20N4O. The highest BCUT2D eigenvalue weighted by atomic mass is 16.2. The molecule has 0 aromatic carbocycles. The molecule has 0 spiro atoms. The molecule has 1 saturated carbocycles. The summed E-state index contributed by atoms with van der Waals surface area (Å²) >= 11 is 0. The van der Waals surface area contributed by atoms with Crippen molar-refractivity contribution < 1.29 is 4.79 Å². The Morgan fingerprint density at radius 3 is 2.83 bits per heavy atom. The van der Waals surface area contributed by atoms with E-state index in [1.807, 2.05) is 19.9 Å². The summed E-state index contributed by atoms with van der Waals surface area (Å²) in [5, 5.41) is 9.32. The Morgan fingerprint density at radius 2 is 2.17 bits per heavy atom. The Hall–Kier alpha value is -1.78. The summed E-state index contributed by atoms with van der Waals surface area (Å²) < 4.78 is 0. The quantitative estimate of drug-likeness (QED) is 0.715. The number of amides is 1. The van der Waals surface area contributed by atoms with Gasteiger partial charge in [-0.25, -0.2) is 0 Å². The van der Waals surface area contributed by atoms with Crippen molar-refractivity contribution in [1.29, 1.82) is 0 Å². The number of anilines is 2. The summed E-state index contributed by atoms with van der Waals surface area (Å²) in [4.78, 5) is 15.9.